The van der Waals surface area contributed by atoms with Crippen LogP contribution >= 0.6 is 0 Å². The van der Waals surface area contributed by atoms with Crippen molar-refractivity contribution in [2.75, 3.05) is 20.2 Å². The Morgan fingerprint density at radius 2 is 1.58 bits per heavy atom. The van der Waals surface area contributed by atoms with Gasteiger partial charge in [0.1, 0.15) is 29.1 Å². The summed E-state index contributed by atoms with van der Waals surface area (Å²) in [5.74, 6) is -1.39. The third-order valence-corrected chi connectivity index (χ3v) is 7.79. The molecule has 8 heteroatoms. The number of carbonyl (C=O) groups is 4. The molecule has 202 valence electrons. The molecule has 2 aromatic carbocycles. The summed E-state index contributed by atoms with van der Waals surface area (Å²) in [5, 5.41) is 2.45. The number of halogens is 1. The van der Waals surface area contributed by atoms with Gasteiger partial charge in [-0.25, -0.2) is 9.18 Å². The van der Waals surface area contributed by atoms with Crippen LogP contribution in [0.1, 0.15) is 63.5 Å². The predicted molar refractivity (Wildman–Crippen MR) is 141 cm³/mol. The number of nitrogens with zero attached hydrogens (tertiary/aromatic N) is 1. The van der Waals surface area contributed by atoms with E-state index in [9.17, 15) is 23.6 Å². The Hall–Kier alpha value is -3.55. The smallest absolute Gasteiger partial charge is 0.324 e. The Kier molecular flexibility index (Phi) is 7.46. The van der Waals surface area contributed by atoms with E-state index in [0.717, 1.165) is 16.7 Å². The Bertz CT molecular complexity index is 1250. The maximum absolute atomic E-state index is 13.5. The first-order valence-electron chi connectivity index (χ1n) is 12.9. The van der Waals surface area contributed by atoms with Crippen molar-refractivity contribution in [3.63, 3.8) is 0 Å². The fourth-order valence-electron chi connectivity index (χ4n) is 5.52. The lowest BCUT2D eigenvalue weighted by Gasteiger charge is -2.44. The van der Waals surface area contributed by atoms with E-state index in [-0.39, 0.29) is 36.1 Å². The van der Waals surface area contributed by atoms with Gasteiger partial charge >= 0.3 is 6.03 Å². The van der Waals surface area contributed by atoms with E-state index in [1.165, 1.54) is 19.2 Å². The first-order valence-corrected chi connectivity index (χ1v) is 12.9. The van der Waals surface area contributed by atoms with Gasteiger partial charge in [-0.2, -0.15) is 0 Å². The molecule has 1 saturated heterocycles. The molecule has 0 unspecified atom stereocenters. The van der Waals surface area contributed by atoms with Crippen molar-refractivity contribution in [2.24, 2.45) is 10.8 Å². The number of rotatable bonds is 3. The normalized spacial score (nSPS) is 18.0. The molecule has 1 N–H and O–H groups in total. The number of likely N-dealkylation sites (tertiary alicyclic amines) is 1. The number of amides is 3. The summed E-state index contributed by atoms with van der Waals surface area (Å²) in [6, 6.07) is 9.37. The van der Waals surface area contributed by atoms with Gasteiger partial charge in [0, 0.05) is 36.9 Å². The fraction of sp³-hybridized carbons (Fsp3) is 0.467. The van der Waals surface area contributed by atoms with E-state index < -0.39 is 22.8 Å². The third kappa shape index (κ3) is 5.49. The van der Waals surface area contributed by atoms with Gasteiger partial charge in [0.05, 0.1) is 7.11 Å². The third-order valence-electron chi connectivity index (χ3n) is 7.79. The number of Topliss-reactive ketones (excluding diaryl/α,β-unsaturated/α-hetero) is 2. The summed E-state index contributed by atoms with van der Waals surface area (Å²) in [6.07, 6.45) is 1.55. The van der Waals surface area contributed by atoms with Gasteiger partial charge < -0.3 is 9.64 Å². The van der Waals surface area contributed by atoms with E-state index in [1.807, 2.05) is 13.0 Å². The van der Waals surface area contributed by atoms with Crippen LogP contribution in [0.25, 0.3) is 11.1 Å². The average Bonchev–Trinajstić information content (AvgIpc) is 2.84. The quantitative estimate of drug-likeness (QED) is 0.560. The molecule has 1 spiro atoms. The molecule has 1 aliphatic heterocycles. The molecule has 0 radical (unpaired) electrons. The Balaban J connectivity index is 1.49. The van der Waals surface area contributed by atoms with E-state index in [4.69, 9.17) is 4.74 Å². The molecule has 1 aliphatic carbocycles. The number of hydrogen-bond donors (Lipinski definition) is 1. The molecule has 7 nitrogen and oxygen atoms in total. The highest BCUT2D eigenvalue weighted by Crippen LogP contribution is 2.48. The van der Waals surface area contributed by atoms with Crippen molar-refractivity contribution >= 4 is 23.5 Å². The number of urea groups is 1. The molecule has 38 heavy (non-hydrogen) atoms. The van der Waals surface area contributed by atoms with Gasteiger partial charge in [0.15, 0.2) is 0 Å². The van der Waals surface area contributed by atoms with E-state index in [0.29, 0.717) is 37.2 Å². The molecule has 1 heterocycles. The van der Waals surface area contributed by atoms with E-state index >= 15 is 0 Å². The van der Waals surface area contributed by atoms with Gasteiger partial charge in [0.25, 0.3) is 0 Å². The van der Waals surface area contributed by atoms with Crippen LogP contribution < -0.4 is 10.1 Å². The number of nitrogens with one attached hydrogen (secondary N) is 1. The van der Waals surface area contributed by atoms with Crippen LogP contribution in [0, 0.1) is 23.6 Å². The molecule has 3 amide bonds. The summed E-state index contributed by atoms with van der Waals surface area (Å²) in [4.78, 5) is 53.4. The minimum atomic E-state index is -0.899. The molecule has 0 atom stereocenters. The van der Waals surface area contributed by atoms with Crippen molar-refractivity contribution in [1.29, 1.82) is 0 Å². The van der Waals surface area contributed by atoms with E-state index in [2.05, 4.69) is 5.32 Å². The van der Waals surface area contributed by atoms with Gasteiger partial charge in [-0.05, 0) is 60.1 Å². The van der Waals surface area contributed by atoms with E-state index in [1.54, 1.807) is 43.9 Å². The highest BCUT2D eigenvalue weighted by atomic mass is 19.1. The maximum Gasteiger partial charge on any atom is 0.324 e. The van der Waals surface area contributed by atoms with Crippen LogP contribution in [0.15, 0.2) is 36.4 Å². The average molecular weight is 523 g/mol. The Labute approximate surface area is 222 Å². The van der Waals surface area contributed by atoms with Crippen molar-refractivity contribution in [3.8, 4) is 16.9 Å². The maximum atomic E-state index is 13.5. The SMILES string of the molecule is COc1cc(-c2ccc(F)cc2)cc(C)c1C1C(=O)CC2(CCN(C(=O)NC(=O)C(C)(C)C)CC2)CC1=O. The van der Waals surface area contributed by atoms with Crippen LogP contribution in [0.4, 0.5) is 9.18 Å². The van der Waals surface area contributed by atoms with Crippen LogP contribution in [0.2, 0.25) is 0 Å². The molecular weight excluding hydrogens is 487 g/mol. The summed E-state index contributed by atoms with van der Waals surface area (Å²) >= 11 is 0. The number of piperidine rings is 1. The summed E-state index contributed by atoms with van der Waals surface area (Å²) < 4.78 is 19.0. The number of imide groups is 1. The van der Waals surface area contributed by atoms with Gasteiger partial charge in [-0.3, -0.25) is 19.7 Å². The zero-order valence-corrected chi connectivity index (χ0v) is 22.7. The number of benzene rings is 2. The Morgan fingerprint density at radius 1 is 1.00 bits per heavy atom. The summed E-state index contributed by atoms with van der Waals surface area (Å²) in [5.41, 5.74) is 1.80. The topological polar surface area (TPSA) is 92.8 Å². The molecule has 0 bridgehead atoms. The number of carbonyl (C=O) groups excluding carboxylic acids is 4. The second kappa shape index (κ2) is 10.3. The predicted octanol–water partition coefficient (Wildman–Crippen LogP) is 5.19. The molecular formula is C30H35FN2O5. The van der Waals surface area contributed by atoms with Crippen LogP contribution in [0.3, 0.4) is 0 Å². The van der Waals surface area contributed by atoms with Crippen LogP contribution in [-0.2, 0) is 14.4 Å². The molecule has 2 aliphatic rings. The van der Waals surface area contributed by atoms with Gasteiger partial charge in [-0.1, -0.05) is 39.0 Å². The van der Waals surface area contributed by atoms with Crippen molar-refractivity contribution in [1.82, 2.24) is 10.2 Å². The number of ether oxygens (including phenoxy) is 1. The number of aryl methyl sites for hydroxylation is 1. The lowest BCUT2D eigenvalue weighted by molar-refractivity contribution is -0.138. The number of methoxy groups -OCH3 is 1. The van der Waals surface area contributed by atoms with Crippen molar-refractivity contribution in [2.45, 2.75) is 59.3 Å². The van der Waals surface area contributed by atoms with Gasteiger partial charge in [0.2, 0.25) is 5.91 Å². The summed E-state index contributed by atoms with van der Waals surface area (Å²) in [6.45, 7) is 7.83. The Morgan fingerprint density at radius 3 is 2.11 bits per heavy atom. The fourth-order valence-corrected chi connectivity index (χ4v) is 5.52. The zero-order valence-electron chi connectivity index (χ0n) is 22.7. The molecule has 0 aromatic heterocycles. The lowest BCUT2D eigenvalue weighted by Crippen LogP contribution is -2.52. The molecule has 1 saturated carbocycles. The molecule has 2 aromatic rings. The second-order valence-corrected chi connectivity index (χ2v) is 11.6. The minimum Gasteiger partial charge on any atom is -0.496 e. The zero-order chi connectivity index (χ0) is 27.8. The van der Waals surface area contributed by atoms with Crippen molar-refractivity contribution < 1.29 is 28.3 Å². The van der Waals surface area contributed by atoms with Crippen LogP contribution in [-0.4, -0.2) is 48.6 Å². The summed E-state index contributed by atoms with van der Waals surface area (Å²) in [7, 11) is 1.51. The first-order chi connectivity index (χ1) is 17.8. The monoisotopic (exact) mass is 522 g/mol. The molecule has 4 rings (SSSR count). The highest BCUT2D eigenvalue weighted by molar-refractivity contribution is 6.11. The number of hydrogen-bond acceptors (Lipinski definition) is 5. The first kappa shape index (κ1) is 27.5. The number of ketones is 2. The highest BCUT2D eigenvalue weighted by Gasteiger charge is 2.48. The van der Waals surface area contributed by atoms with Crippen molar-refractivity contribution in [3.05, 3.63) is 53.3 Å². The second-order valence-electron chi connectivity index (χ2n) is 11.6. The van der Waals surface area contributed by atoms with Crippen LogP contribution in [0.5, 0.6) is 5.75 Å². The molecule has 2 fully saturated rings. The largest absolute Gasteiger partial charge is 0.496 e. The minimum absolute atomic E-state index is 0.141. The lowest BCUT2D eigenvalue weighted by atomic mass is 9.63. The standard InChI is InChI=1S/C30H35FN2O5/c1-18-14-20(19-6-8-21(31)9-7-19)15-24(38-5)25(18)26-22(34)16-30(17-23(26)35)10-12-33(13-11-30)28(37)32-27(36)29(2,3)4/h6-9,14-15,26H,10-13,16-17H2,1-5H3,(H,32,36,37). The van der Waals surface area contributed by atoms with Gasteiger partial charge in [-0.15, -0.1) is 0 Å².